The minimum atomic E-state index is -1.06. The van der Waals surface area contributed by atoms with Crippen LogP contribution in [0.3, 0.4) is 0 Å². The predicted octanol–water partition coefficient (Wildman–Crippen LogP) is 4.83. The molecule has 0 amide bonds. The van der Waals surface area contributed by atoms with Crippen molar-refractivity contribution in [2.24, 2.45) is 0 Å². The quantitative estimate of drug-likeness (QED) is 0.437. The molecule has 0 bridgehead atoms. The van der Waals surface area contributed by atoms with Gasteiger partial charge in [-0.2, -0.15) is 0 Å². The normalized spacial score (nSPS) is 15.6. The zero-order valence-corrected chi connectivity index (χ0v) is 18.7. The SMILES string of the molecule is C[Si](C)(C)C([Se]I)([Si](C)(C)C)[Si](C)(C)C. The van der Waals surface area contributed by atoms with Crippen molar-refractivity contribution in [2.45, 2.75) is 62.1 Å². The van der Waals surface area contributed by atoms with Gasteiger partial charge in [-0.15, -0.1) is 0 Å². The van der Waals surface area contributed by atoms with Crippen LogP contribution in [-0.2, 0) is 0 Å². The Hall–Kier alpha value is 1.90. The van der Waals surface area contributed by atoms with Crippen molar-refractivity contribution in [1.82, 2.24) is 0 Å². The van der Waals surface area contributed by atoms with E-state index in [2.05, 4.69) is 79.3 Å². The Bertz CT molecular complexity index is 186. The van der Waals surface area contributed by atoms with E-state index in [9.17, 15) is 0 Å². The molecule has 0 aliphatic heterocycles. The van der Waals surface area contributed by atoms with E-state index in [-0.39, 0.29) is 0 Å². The molecule has 0 aromatic heterocycles. The van der Waals surface area contributed by atoms with E-state index in [1.54, 1.807) is 0 Å². The summed E-state index contributed by atoms with van der Waals surface area (Å²) in [6.07, 6.45) is 0. The van der Waals surface area contributed by atoms with Gasteiger partial charge < -0.3 is 0 Å². The molecule has 0 atom stereocenters. The molecule has 0 saturated heterocycles. The molecular formula is C10H27ISeSi3. The second kappa shape index (κ2) is 4.88. The topological polar surface area (TPSA) is 0 Å². The van der Waals surface area contributed by atoms with Gasteiger partial charge in [0, 0.05) is 0 Å². The molecule has 0 fully saturated rings. The number of hydrogen-bond acceptors (Lipinski definition) is 0. The Morgan fingerprint density at radius 2 is 0.867 bits per heavy atom. The monoisotopic (exact) mass is 438 g/mol. The molecule has 0 saturated carbocycles. The summed E-state index contributed by atoms with van der Waals surface area (Å²) < 4.78 is 0.820. The first-order chi connectivity index (χ1) is 6.31. The van der Waals surface area contributed by atoms with E-state index >= 15 is 0 Å². The van der Waals surface area contributed by atoms with Crippen LogP contribution in [0.1, 0.15) is 0 Å². The van der Waals surface area contributed by atoms with Gasteiger partial charge in [0.25, 0.3) is 0 Å². The van der Waals surface area contributed by atoms with E-state index in [4.69, 9.17) is 0 Å². The van der Waals surface area contributed by atoms with Crippen LogP contribution in [0.5, 0.6) is 0 Å². The summed E-state index contributed by atoms with van der Waals surface area (Å²) in [5.74, 6) is 0. The van der Waals surface area contributed by atoms with Crippen molar-refractivity contribution in [1.29, 1.82) is 0 Å². The van der Waals surface area contributed by atoms with Gasteiger partial charge in [0.1, 0.15) is 0 Å². The predicted molar refractivity (Wildman–Crippen MR) is 92.5 cm³/mol. The molecule has 0 nitrogen and oxygen atoms in total. The van der Waals surface area contributed by atoms with E-state index in [1.807, 2.05) is 0 Å². The van der Waals surface area contributed by atoms with Crippen LogP contribution in [0.4, 0.5) is 0 Å². The summed E-state index contributed by atoms with van der Waals surface area (Å²) in [6.45, 7) is 23.5. The number of rotatable bonds is 4. The zero-order chi connectivity index (χ0) is 12.7. The Morgan fingerprint density at radius 3 is 0.867 bits per heavy atom. The first kappa shape index (κ1) is 16.9. The molecule has 15 heavy (non-hydrogen) atoms. The van der Waals surface area contributed by atoms with E-state index in [1.165, 1.54) is 0 Å². The van der Waals surface area contributed by atoms with Crippen LogP contribution in [0.15, 0.2) is 0 Å². The van der Waals surface area contributed by atoms with Crippen LogP contribution in [0, 0.1) is 0 Å². The van der Waals surface area contributed by atoms with Gasteiger partial charge in [0.05, 0.1) is 0 Å². The molecule has 0 aliphatic carbocycles. The maximum absolute atomic E-state index is 2.74. The fourth-order valence-electron chi connectivity index (χ4n) is 3.72. The second-order valence-electron chi connectivity index (χ2n) is 7.51. The molecule has 0 N–H and O–H groups in total. The van der Waals surface area contributed by atoms with Crippen molar-refractivity contribution >= 4 is 56.3 Å². The first-order valence-electron chi connectivity index (χ1n) is 5.61. The van der Waals surface area contributed by atoms with E-state index < -0.39 is 24.2 Å². The molecule has 0 unspecified atom stereocenters. The summed E-state index contributed by atoms with van der Waals surface area (Å²) in [7, 11) is -3.19. The molecule has 0 rings (SSSR count). The third-order valence-corrected chi connectivity index (χ3v) is 46.7. The third kappa shape index (κ3) is 3.02. The zero-order valence-electron chi connectivity index (χ0n) is 11.8. The maximum atomic E-state index is 2.74. The Morgan fingerprint density at radius 1 is 0.667 bits per heavy atom. The summed E-state index contributed by atoms with van der Waals surface area (Å²) in [4.78, 5) is 0. The van der Waals surface area contributed by atoms with Crippen LogP contribution in [-0.4, -0.2) is 35.9 Å². The van der Waals surface area contributed by atoms with Gasteiger partial charge in [-0.1, -0.05) is 0 Å². The van der Waals surface area contributed by atoms with Crippen molar-refractivity contribution in [2.75, 3.05) is 0 Å². The van der Waals surface area contributed by atoms with Crippen molar-refractivity contribution in [3.8, 4) is 0 Å². The minimum absolute atomic E-state index is 0.796. The van der Waals surface area contributed by atoms with Crippen molar-refractivity contribution in [3.05, 3.63) is 0 Å². The van der Waals surface area contributed by atoms with Crippen molar-refractivity contribution in [3.63, 3.8) is 0 Å². The summed E-state index contributed by atoms with van der Waals surface area (Å²) in [5, 5.41) is 0. The van der Waals surface area contributed by atoms with Crippen LogP contribution in [0.25, 0.3) is 0 Å². The Balaban J connectivity index is 5.78. The summed E-state index contributed by atoms with van der Waals surface area (Å²) in [5.41, 5.74) is 0. The standard InChI is InChI=1S/C10H27ISeSi3/c1-13(2,3)10(12-11,14(4,5)6)15(7,8)9/h1-9H3. The molecule has 5 heteroatoms. The third-order valence-electron chi connectivity index (χ3n) is 3.28. The molecule has 92 valence electrons. The molecule has 0 heterocycles. The average Bonchev–Trinajstić information content (AvgIpc) is 1.76. The molecule has 0 aromatic carbocycles. The van der Waals surface area contributed by atoms with Gasteiger partial charge in [-0.25, -0.2) is 0 Å². The van der Waals surface area contributed by atoms with Gasteiger partial charge in [0.15, 0.2) is 0 Å². The second-order valence-corrected chi connectivity index (χ2v) is 31.1. The number of halogens is 1. The average molecular weight is 437 g/mol. The fourth-order valence-corrected chi connectivity index (χ4v) is 66.7. The molecule has 0 radical (unpaired) electrons. The van der Waals surface area contributed by atoms with Crippen LogP contribution in [0.2, 0.25) is 62.1 Å². The van der Waals surface area contributed by atoms with Gasteiger partial charge in [-0.3, -0.25) is 0 Å². The van der Waals surface area contributed by atoms with Crippen LogP contribution >= 0.6 is 20.3 Å². The molecule has 0 spiro atoms. The van der Waals surface area contributed by atoms with Gasteiger partial charge >= 0.3 is 118 Å². The first-order valence-corrected chi connectivity index (χ1v) is 22.2. The Kier molecular flexibility index (Phi) is 5.50. The van der Waals surface area contributed by atoms with Crippen LogP contribution < -0.4 is 0 Å². The molecular weight excluding hydrogens is 410 g/mol. The van der Waals surface area contributed by atoms with Gasteiger partial charge in [-0.05, 0) is 0 Å². The van der Waals surface area contributed by atoms with Gasteiger partial charge in [0.2, 0.25) is 0 Å². The van der Waals surface area contributed by atoms with E-state index in [0.29, 0.717) is 0 Å². The summed E-state index contributed by atoms with van der Waals surface area (Å²) >= 11 is 3.54. The number of hydrogen-bond donors (Lipinski definition) is 0. The molecule has 0 aromatic rings. The summed E-state index contributed by atoms with van der Waals surface area (Å²) in [6, 6.07) is 0. The fraction of sp³-hybridized carbons (Fsp3) is 1.00. The van der Waals surface area contributed by atoms with E-state index in [0.717, 1.165) is 14.9 Å². The Labute approximate surface area is 117 Å². The molecule has 0 aliphatic rings. The van der Waals surface area contributed by atoms with Crippen molar-refractivity contribution < 1.29 is 0 Å².